The number of benzene rings is 1. The second-order valence-corrected chi connectivity index (χ2v) is 5.24. The van der Waals surface area contributed by atoms with E-state index in [2.05, 4.69) is 5.32 Å². The highest BCUT2D eigenvalue weighted by Gasteiger charge is 2.24. The molecule has 0 saturated carbocycles. The number of likely N-dealkylation sites (N-methyl/N-ethyl adjacent to an activating group) is 1. The van der Waals surface area contributed by atoms with Crippen molar-refractivity contribution >= 4 is 17.5 Å². The van der Waals surface area contributed by atoms with Crippen LogP contribution in [0, 0.1) is 6.92 Å². The molecule has 1 heterocycles. The van der Waals surface area contributed by atoms with Gasteiger partial charge in [-0.15, -0.1) is 0 Å². The lowest BCUT2D eigenvalue weighted by atomic mass is 10.0. The Bertz CT molecular complexity index is 441. The van der Waals surface area contributed by atoms with E-state index in [4.69, 9.17) is 11.6 Å². The SMILES string of the molecule is Cc1c(Cl)cccc1C(=O)N(C)C1CCCNC1. The average molecular weight is 267 g/mol. The zero-order valence-corrected chi connectivity index (χ0v) is 11.6. The van der Waals surface area contributed by atoms with Gasteiger partial charge in [0, 0.05) is 30.2 Å². The Hall–Kier alpha value is -1.06. The minimum atomic E-state index is 0.0590. The number of amides is 1. The minimum absolute atomic E-state index is 0.0590. The third-order valence-electron chi connectivity index (χ3n) is 3.64. The van der Waals surface area contributed by atoms with Crippen LogP contribution in [-0.2, 0) is 0 Å². The zero-order valence-electron chi connectivity index (χ0n) is 10.9. The number of nitrogens with one attached hydrogen (secondary N) is 1. The van der Waals surface area contributed by atoms with Crippen LogP contribution in [0.1, 0.15) is 28.8 Å². The molecule has 1 fully saturated rings. The average Bonchev–Trinajstić information content (AvgIpc) is 2.41. The number of nitrogens with zero attached hydrogens (tertiary/aromatic N) is 1. The van der Waals surface area contributed by atoms with Gasteiger partial charge >= 0.3 is 0 Å². The minimum Gasteiger partial charge on any atom is -0.337 e. The maximum absolute atomic E-state index is 12.5. The number of rotatable bonds is 2. The summed E-state index contributed by atoms with van der Waals surface area (Å²) in [6.07, 6.45) is 2.19. The smallest absolute Gasteiger partial charge is 0.254 e. The highest BCUT2D eigenvalue weighted by Crippen LogP contribution is 2.21. The van der Waals surface area contributed by atoms with Crippen LogP contribution in [0.2, 0.25) is 5.02 Å². The second-order valence-electron chi connectivity index (χ2n) is 4.83. The van der Waals surface area contributed by atoms with Crippen molar-refractivity contribution in [3.63, 3.8) is 0 Å². The van der Waals surface area contributed by atoms with Crippen molar-refractivity contribution in [1.82, 2.24) is 10.2 Å². The molecule has 1 atom stereocenters. The summed E-state index contributed by atoms with van der Waals surface area (Å²) in [6.45, 7) is 3.82. The molecule has 1 aromatic carbocycles. The van der Waals surface area contributed by atoms with Crippen molar-refractivity contribution in [2.45, 2.75) is 25.8 Å². The largest absolute Gasteiger partial charge is 0.337 e. The van der Waals surface area contributed by atoms with Gasteiger partial charge in [0.2, 0.25) is 0 Å². The lowest BCUT2D eigenvalue weighted by Crippen LogP contribution is -2.46. The van der Waals surface area contributed by atoms with E-state index >= 15 is 0 Å². The second kappa shape index (κ2) is 5.72. The Morgan fingerprint density at radius 3 is 2.94 bits per heavy atom. The molecule has 1 amide bonds. The van der Waals surface area contributed by atoms with Gasteiger partial charge in [0.15, 0.2) is 0 Å². The molecule has 0 aliphatic carbocycles. The number of piperidine rings is 1. The van der Waals surface area contributed by atoms with Crippen LogP contribution in [-0.4, -0.2) is 37.0 Å². The van der Waals surface area contributed by atoms with Crippen LogP contribution in [0.4, 0.5) is 0 Å². The molecule has 1 aromatic rings. The van der Waals surface area contributed by atoms with Crippen LogP contribution in [0.5, 0.6) is 0 Å². The Labute approximate surface area is 113 Å². The van der Waals surface area contributed by atoms with E-state index in [0.29, 0.717) is 10.6 Å². The van der Waals surface area contributed by atoms with Gasteiger partial charge < -0.3 is 10.2 Å². The highest BCUT2D eigenvalue weighted by molar-refractivity contribution is 6.31. The van der Waals surface area contributed by atoms with Gasteiger partial charge in [-0.3, -0.25) is 4.79 Å². The third kappa shape index (κ3) is 2.68. The topological polar surface area (TPSA) is 32.3 Å². The molecule has 1 aliphatic rings. The molecule has 1 aliphatic heterocycles. The Morgan fingerprint density at radius 1 is 1.50 bits per heavy atom. The van der Waals surface area contributed by atoms with Gasteiger partial charge in [0.25, 0.3) is 5.91 Å². The summed E-state index contributed by atoms with van der Waals surface area (Å²) in [4.78, 5) is 14.3. The quantitative estimate of drug-likeness (QED) is 0.892. The Balaban J connectivity index is 2.17. The first kappa shape index (κ1) is 13.4. The highest BCUT2D eigenvalue weighted by atomic mass is 35.5. The van der Waals surface area contributed by atoms with Crippen molar-refractivity contribution in [1.29, 1.82) is 0 Å². The molecule has 3 nitrogen and oxygen atoms in total. The van der Waals surface area contributed by atoms with Gasteiger partial charge in [-0.25, -0.2) is 0 Å². The van der Waals surface area contributed by atoms with Gasteiger partial charge in [-0.2, -0.15) is 0 Å². The first-order valence-corrected chi connectivity index (χ1v) is 6.72. The lowest BCUT2D eigenvalue weighted by molar-refractivity contribution is 0.0707. The first-order chi connectivity index (χ1) is 8.61. The normalized spacial score (nSPS) is 19.6. The Kier molecular flexibility index (Phi) is 4.25. The fourth-order valence-corrected chi connectivity index (χ4v) is 2.53. The number of hydrogen-bond acceptors (Lipinski definition) is 2. The molecule has 1 N–H and O–H groups in total. The predicted molar refractivity (Wildman–Crippen MR) is 74.2 cm³/mol. The molecule has 0 spiro atoms. The number of carbonyl (C=O) groups excluding carboxylic acids is 1. The van der Waals surface area contributed by atoms with E-state index in [1.165, 1.54) is 0 Å². The van der Waals surface area contributed by atoms with Crippen molar-refractivity contribution in [2.24, 2.45) is 0 Å². The molecule has 0 bridgehead atoms. The zero-order chi connectivity index (χ0) is 13.1. The summed E-state index contributed by atoms with van der Waals surface area (Å²) in [5.74, 6) is 0.0590. The van der Waals surface area contributed by atoms with E-state index in [1.54, 1.807) is 0 Å². The summed E-state index contributed by atoms with van der Waals surface area (Å²) in [5, 5.41) is 3.98. The Morgan fingerprint density at radius 2 is 2.28 bits per heavy atom. The van der Waals surface area contributed by atoms with E-state index in [1.807, 2.05) is 37.1 Å². The van der Waals surface area contributed by atoms with Crippen molar-refractivity contribution < 1.29 is 4.79 Å². The number of hydrogen-bond donors (Lipinski definition) is 1. The van der Waals surface area contributed by atoms with E-state index in [9.17, 15) is 4.79 Å². The standard InChI is InChI=1S/C14H19ClN2O/c1-10-12(6-3-7-13(10)15)14(18)17(2)11-5-4-8-16-9-11/h3,6-7,11,16H,4-5,8-9H2,1-2H3. The van der Waals surface area contributed by atoms with Crippen LogP contribution >= 0.6 is 11.6 Å². The maximum Gasteiger partial charge on any atom is 0.254 e. The van der Waals surface area contributed by atoms with E-state index in [0.717, 1.165) is 31.5 Å². The lowest BCUT2D eigenvalue weighted by Gasteiger charge is -2.32. The summed E-state index contributed by atoms with van der Waals surface area (Å²) in [5.41, 5.74) is 1.57. The summed E-state index contributed by atoms with van der Waals surface area (Å²) in [7, 11) is 1.88. The molecule has 0 aromatic heterocycles. The van der Waals surface area contributed by atoms with E-state index < -0.39 is 0 Å². The number of carbonyl (C=O) groups is 1. The fourth-order valence-electron chi connectivity index (χ4n) is 2.36. The summed E-state index contributed by atoms with van der Waals surface area (Å²) in [6, 6.07) is 5.77. The molecular weight excluding hydrogens is 248 g/mol. The van der Waals surface area contributed by atoms with Crippen LogP contribution in [0.25, 0.3) is 0 Å². The summed E-state index contributed by atoms with van der Waals surface area (Å²) < 4.78 is 0. The van der Waals surface area contributed by atoms with Crippen molar-refractivity contribution in [2.75, 3.05) is 20.1 Å². The monoisotopic (exact) mass is 266 g/mol. The van der Waals surface area contributed by atoms with Gasteiger partial charge in [-0.05, 0) is 44.0 Å². The predicted octanol–water partition coefficient (Wildman–Crippen LogP) is 2.47. The number of halogens is 1. The van der Waals surface area contributed by atoms with E-state index in [-0.39, 0.29) is 11.9 Å². The molecule has 98 valence electrons. The molecule has 4 heteroatoms. The summed E-state index contributed by atoms with van der Waals surface area (Å²) >= 11 is 6.07. The molecule has 1 saturated heterocycles. The molecule has 2 rings (SSSR count). The van der Waals surface area contributed by atoms with Crippen LogP contribution in [0.3, 0.4) is 0 Å². The van der Waals surface area contributed by atoms with Crippen LogP contribution < -0.4 is 5.32 Å². The van der Waals surface area contributed by atoms with Gasteiger partial charge in [-0.1, -0.05) is 17.7 Å². The molecule has 1 unspecified atom stereocenters. The third-order valence-corrected chi connectivity index (χ3v) is 4.05. The van der Waals surface area contributed by atoms with Gasteiger partial charge in [0.1, 0.15) is 0 Å². The van der Waals surface area contributed by atoms with Crippen molar-refractivity contribution in [3.8, 4) is 0 Å². The molecule has 18 heavy (non-hydrogen) atoms. The fraction of sp³-hybridized carbons (Fsp3) is 0.500. The van der Waals surface area contributed by atoms with Crippen molar-refractivity contribution in [3.05, 3.63) is 34.3 Å². The molecular formula is C14H19ClN2O. The van der Waals surface area contributed by atoms with Gasteiger partial charge in [0.05, 0.1) is 0 Å². The first-order valence-electron chi connectivity index (χ1n) is 6.34. The molecule has 0 radical (unpaired) electrons. The maximum atomic E-state index is 12.5. The van der Waals surface area contributed by atoms with Crippen LogP contribution in [0.15, 0.2) is 18.2 Å².